The Labute approximate surface area is 158 Å². The van der Waals surface area contributed by atoms with E-state index in [4.69, 9.17) is 0 Å². The summed E-state index contributed by atoms with van der Waals surface area (Å²) in [6, 6.07) is 14.0. The normalized spacial score (nSPS) is 16.9. The SMILES string of the molecule is COC(=O)/C=C1/S/C(=N\N=Cc2ccc(-c3ccccc3)c(F)c2)NC1=O. The van der Waals surface area contributed by atoms with Crippen LogP contribution in [0, 0.1) is 5.82 Å². The molecule has 2 aromatic carbocycles. The van der Waals surface area contributed by atoms with Gasteiger partial charge in [0, 0.05) is 11.6 Å². The summed E-state index contributed by atoms with van der Waals surface area (Å²) in [5.41, 5.74) is 1.81. The highest BCUT2D eigenvalue weighted by Crippen LogP contribution is 2.24. The van der Waals surface area contributed by atoms with E-state index in [-0.39, 0.29) is 15.9 Å². The number of amidine groups is 1. The van der Waals surface area contributed by atoms with Gasteiger partial charge in [0.05, 0.1) is 18.2 Å². The van der Waals surface area contributed by atoms with Crippen LogP contribution in [0.15, 0.2) is 69.7 Å². The molecule has 6 nitrogen and oxygen atoms in total. The van der Waals surface area contributed by atoms with Gasteiger partial charge in [-0.05, 0) is 29.0 Å². The van der Waals surface area contributed by atoms with Gasteiger partial charge in [0.2, 0.25) is 0 Å². The van der Waals surface area contributed by atoms with Crippen molar-refractivity contribution in [3.05, 3.63) is 70.9 Å². The number of nitrogens with zero attached hydrogens (tertiary/aromatic N) is 2. The van der Waals surface area contributed by atoms with E-state index in [1.807, 2.05) is 30.3 Å². The van der Waals surface area contributed by atoms with Crippen molar-refractivity contribution in [3.8, 4) is 11.1 Å². The number of methoxy groups -OCH3 is 1. The predicted octanol–water partition coefficient (Wildman–Crippen LogP) is 3.10. The standard InChI is InChI=1S/C19H14FN3O3S/c1-26-17(24)10-16-18(25)22-19(27-16)23-21-11-12-7-8-14(15(20)9-12)13-5-3-2-4-6-13/h2-11H,1H3,(H,22,23,25)/b16-10+,21-11?. The van der Waals surface area contributed by atoms with Gasteiger partial charge in [-0.15, -0.1) is 5.10 Å². The highest BCUT2D eigenvalue weighted by atomic mass is 32.2. The van der Waals surface area contributed by atoms with Crippen LogP contribution in [0.2, 0.25) is 0 Å². The van der Waals surface area contributed by atoms with Gasteiger partial charge < -0.3 is 4.74 Å². The third kappa shape index (κ3) is 4.68. The first-order valence-electron chi connectivity index (χ1n) is 7.81. The zero-order chi connectivity index (χ0) is 19.2. The number of thioether (sulfide) groups is 1. The minimum atomic E-state index is -0.633. The molecule has 1 heterocycles. The molecule has 1 amide bonds. The highest BCUT2D eigenvalue weighted by molar-refractivity contribution is 8.18. The molecule has 1 fully saturated rings. The van der Waals surface area contributed by atoms with Crippen LogP contribution in [0.1, 0.15) is 5.56 Å². The molecule has 0 bridgehead atoms. The number of amides is 1. The Morgan fingerprint density at radius 3 is 2.70 bits per heavy atom. The number of esters is 1. The lowest BCUT2D eigenvalue weighted by Crippen LogP contribution is -2.19. The number of rotatable bonds is 4. The lowest BCUT2D eigenvalue weighted by molar-refractivity contribution is -0.135. The fraction of sp³-hybridized carbons (Fsp3) is 0.0526. The molecule has 2 aromatic rings. The van der Waals surface area contributed by atoms with Crippen molar-refractivity contribution in [2.75, 3.05) is 7.11 Å². The molecule has 0 unspecified atom stereocenters. The Morgan fingerprint density at radius 2 is 2.00 bits per heavy atom. The second-order valence-electron chi connectivity index (χ2n) is 5.34. The van der Waals surface area contributed by atoms with Crippen molar-refractivity contribution in [1.82, 2.24) is 5.32 Å². The Kier molecular flexibility index (Phi) is 5.77. The number of carbonyl (C=O) groups excluding carboxylic acids is 2. The molecule has 8 heteroatoms. The molecular weight excluding hydrogens is 369 g/mol. The van der Waals surface area contributed by atoms with E-state index in [0.29, 0.717) is 11.1 Å². The van der Waals surface area contributed by atoms with E-state index in [0.717, 1.165) is 23.4 Å². The number of nitrogens with one attached hydrogen (secondary N) is 1. The summed E-state index contributed by atoms with van der Waals surface area (Å²) in [5, 5.41) is 10.4. The molecule has 0 radical (unpaired) electrons. The molecule has 0 atom stereocenters. The fourth-order valence-electron chi connectivity index (χ4n) is 2.25. The monoisotopic (exact) mass is 383 g/mol. The maximum Gasteiger partial charge on any atom is 0.331 e. The summed E-state index contributed by atoms with van der Waals surface area (Å²) in [6.45, 7) is 0. The van der Waals surface area contributed by atoms with Crippen molar-refractivity contribution in [1.29, 1.82) is 0 Å². The summed E-state index contributed by atoms with van der Waals surface area (Å²) in [7, 11) is 1.22. The molecule has 0 saturated carbocycles. The molecule has 0 spiro atoms. The molecule has 0 aromatic heterocycles. The van der Waals surface area contributed by atoms with Gasteiger partial charge in [0.25, 0.3) is 5.91 Å². The number of benzene rings is 2. The van der Waals surface area contributed by atoms with Crippen LogP contribution in [0.3, 0.4) is 0 Å². The zero-order valence-corrected chi connectivity index (χ0v) is 15.0. The molecular formula is C19H14FN3O3S. The zero-order valence-electron chi connectivity index (χ0n) is 14.2. The van der Waals surface area contributed by atoms with E-state index in [1.54, 1.807) is 12.1 Å². The van der Waals surface area contributed by atoms with Gasteiger partial charge in [-0.3, -0.25) is 10.1 Å². The molecule has 1 saturated heterocycles. The summed E-state index contributed by atoms with van der Waals surface area (Å²) < 4.78 is 18.8. The molecule has 1 N–H and O–H groups in total. The molecule has 136 valence electrons. The van der Waals surface area contributed by atoms with E-state index < -0.39 is 11.9 Å². The first-order valence-corrected chi connectivity index (χ1v) is 8.63. The average Bonchev–Trinajstić information content (AvgIpc) is 3.01. The third-order valence-electron chi connectivity index (χ3n) is 3.53. The Morgan fingerprint density at radius 1 is 1.22 bits per heavy atom. The van der Waals surface area contributed by atoms with Crippen LogP contribution in [-0.2, 0) is 14.3 Å². The van der Waals surface area contributed by atoms with E-state index in [1.165, 1.54) is 19.4 Å². The van der Waals surface area contributed by atoms with Crippen LogP contribution in [0.25, 0.3) is 11.1 Å². The van der Waals surface area contributed by atoms with Gasteiger partial charge in [0.1, 0.15) is 5.82 Å². The van der Waals surface area contributed by atoms with Gasteiger partial charge in [-0.2, -0.15) is 5.10 Å². The number of hydrogen-bond acceptors (Lipinski definition) is 6. The quantitative estimate of drug-likeness (QED) is 0.381. The largest absolute Gasteiger partial charge is 0.466 e. The lowest BCUT2D eigenvalue weighted by Gasteiger charge is -2.03. The second-order valence-corrected chi connectivity index (χ2v) is 6.37. The van der Waals surface area contributed by atoms with Gasteiger partial charge in [0.15, 0.2) is 5.17 Å². The number of halogens is 1. The maximum atomic E-state index is 14.3. The van der Waals surface area contributed by atoms with Gasteiger partial charge in [-0.25, -0.2) is 9.18 Å². The van der Waals surface area contributed by atoms with Gasteiger partial charge >= 0.3 is 5.97 Å². The smallest absolute Gasteiger partial charge is 0.331 e. The molecule has 3 rings (SSSR count). The summed E-state index contributed by atoms with van der Waals surface area (Å²) in [6.07, 6.45) is 2.45. The van der Waals surface area contributed by atoms with Crippen LogP contribution >= 0.6 is 11.8 Å². The summed E-state index contributed by atoms with van der Waals surface area (Å²) in [4.78, 5) is 23.0. The van der Waals surface area contributed by atoms with Crippen molar-refractivity contribution in [2.45, 2.75) is 0 Å². The number of hydrogen-bond donors (Lipinski definition) is 1. The van der Waals surface area contributed by atoms with Crippen molar-refractivity contribution in [2.24, 2.45) is 10.2 Å². The predicted molar refractivity (Wildman–Crippen MR) is 103 cm³/mol. The number of ether oxygens (including phenoxy) is 1. The van der Waals surface area contributed by atoms with Crippen LogP contribution in [0.5, 0.6) is 0 Å². The summed E-state index contributed by atoms with van der Waals surface area (Å²) in [5.74, 6) is -1.46. The first kappa shape index (κ1) is 18.5. The lowest BCUT2D eigenvalue weighted by atomic mass is 10.0. The van der Waals surface area contributed by atoms with Crippen molar-refractivity contribution >= 4 is 35.0 Å². The van der Waals surface area contributed by atoms with E-state index in [2.05, 4.69) is 20.3 Å². The first-order chi connectivity index (χ1) is 13.1. The second kappa shape index (κ2) is 8.41. The molecule has 0 aliphatic carbocycles. The Hall–Kier alpha value is -3.26. The van der Waals surface area contributed by atoms with Crippen LogP contribution < -0.4 is 5.32 Å². The van der Waals surface area contributed by atoms with Crippen LogP contribution in [-0.4, -0.2) is 30.4 Å². The minimum absolute atomic E-state index is 0.161. The fourth-order valence-corrected chi connectivity index (χ4v) is 2.99. The minimum Gasteiger partial charge on any atom is -0.466 e. The van der Waals surface area contributed by atoms with Crippen molar-refractivity contribution in [3.63, 3.8) is 0 Å². The van der Waals surface area contributed by atoms with Crippen LogP contribution in [0.4, 0.5) is 4.39 Å². The third-order valence-corrected chi connectivity index (χ3v) is 4.43. The molecule has 1 aliphatic heterocycles. The Balaban J connectivity index is 1.71. The van der Waals surface area contributed by atoms with Crippen molar-refractivity contribution < 1.29 is 18.7 Å². The topological polar surface area (TPSA) is 80.1 Å². The van der Waals surface area contributed by atoms with E-state index >= 15 is 0 Å². The summed E-state index contributed by atoms with van der Waals surface area (Å²) >= 11 is 0.962. The Bertz CT molecular complexity index is 971. The highest BCUT2D eigenvalue weighted by Gasteiger charge is 2.24. The van der Waals surface area contributed by atoms with Gasteiger partial charge in [-0.1, -0.05) is 42.5 Å². The maximum absolute atomic E-state index is 14.3. The van der Waals surface area contributed by atoms with E-state index in [9.17, 15) is 14.0 Å². The average molecular weight is 383 g/mol. The number of carbonyl (C=O) groups is 2. The molecule has 1 aliphatic rings. The molecule has 27 heavy (non-hydrogen) atoms.